The molecule has 0 aliphatic carbocycles. The Kier molecular flexibility index (Phi) is 7.77. The molecular formula is C25H38N2. The highest BCUT2D eigenvalue weighted by Gasteiger charge is 2.18. The van der Waals surface area contributed by atoms with Gasteiger partial charge in [0, 0.05) is 43.5 Å². The molecule has 0 fully saturated rings. The van der Waals surface area contributed by atoms with Gasteiger partial charge in [0.2, 0.25) is 0 Å². The van der Waals surface area contributed by atoms with Crippen LogP contribution in [0.2, 0.25) is 0 Å². The average Bonchev–Trinajstić information content (AvgIpc) is 2.67. The van der Waals surface area contributed by atoms with E-state index < -0.39 is 0 Å². The van der Waals surface area contributed by atoms with Gasteiger partial charge in [-0.25, -0.2) is 0 Å². The summed E-state index contributed by atoms with van der Waals surface area (Å²) in [6.45, 7) is 20.0. The monoisotopic (exact) mass is 366 g/mol. The molecule has 0 heterocycles. The topological polar surface area (TPSA) is 6.48 Å². The van der Waals surface area contributed by atoms with E-state index in [1.165, 1.54) is 33.6 Å². The maximum atomic E-state index is 2.42. The van der Waals surface area contributed by atoms with Crippen LogP contribution in [0.1, 0.15) is 69.2 Å². The second kappa shape index (κ2) is 9.82. The summed E-state index contributed by atoms with van der Waals surface area (Å²) >= 11 is 0. The van der Waals surface area contributed by atoms with Crippen LogP contribution < -0.4 is 9.80 Å². The third-order valence-electron chi connectivity index (χ3n) is 5.92. The zero-order valence-corrected chi connectivity index (χ0v) is 18.5. The third-order valence-corrected chi connectivity index (χ3v) is 5.92. The van der Waals surface area contributed by atoms with Crippen molar-refractivity contribution < 1.29 is 0 Å². The van der Waals surface area contributed by atoms with Crippen LogP contribution in [0.25, 0.3) is 0 Å². The summed E-state index contributed by atoms with van der Waals surface area (Å²) in [6.07, 6.45) is 1.12. The van der Waals surface area contributed by atoms with Crippen molar-refractivity contribution in [1.82, 2.24) is 0 Å². The molecule has 0 aliphatic heterocycles. The fourth-order valence-corrected chi connectivity index (χ4v) is 4.28. The predicted octanol–water partition coefficient (Wildman–Crippen LogP) is 6.54. The average molecular weight is 367 g/mol. The van der Waals surface area contributed by atoms with E-state index in [1.807, 2.05) is 0 Å². The highest BCUT2D eigenvalue weighted by Crippen LogP contribution is 2.35. The van der Waals surface area contributed by atoms with E-state index in [1.54, 1.807) is 0 Å². The van der Waals surface area contributed by atoms with E-state index in [0.29, 0.717) is 5.92 Å². The van der Waals surface area contributed by atoms with Crippen LogP contribution in [0.4, 0.5) is 11.4 Å². The van der Waals surface area contributed by atoms with Gasteiger partial charge in [0.1, 0.15) is 0 Å². The second-order valence-electron chi connectivity index (χ2n) is 7.39. The molecule has 27 heavy (non-hydrogen) atoms. The smallest absolute Gasteiger partial charge is 0.0368 e. The fraction of sp³-hybridized carbons (Fsp3) is 0.520. The molecule has 0 unspecified atom stereocenters. The molecular weight excluding hydrogens is 328 g/mol. The van der Waals surface area contributed by atoms with Gasteiger partial charge >= 0.3 is 0 Å². The molecule has 2 aromatic carbocycles. The molecule has 0 saturated carbocycles. The Hall–Kier alpha value is -1.96. The molecule has 0 aliphatic rings. The molecule has 148 valence electrons. The molecule has 0 bridgehead atoms. The highest BCUT2D eigenvalue weighted by molar-refractivity contribution is 5.56. The minimum absolute atomic E-state index is 0.460. The summed E-state index contributed by atoms with van der Waals surface area (Å²) in [7, 11) is 0. The van der Waals surface area contributed by atoms with Crippen molar-refractivity contribution >= 4 is 11.4 Å². The molecule has 0 amide bonds. The van der Waals surface area contributed by atoms with Gasteiger partial charge in [-0.05, 0) is 94.5 Å². The third kappa shape index (κ3) is 4.66. The Bertz CT molecular complexity index is 666. The number of anilines is 2. The molecule has 2 nitrogen and oxygen atoms in total. The van der Waals surface area contributed by atoms with E-state index in [-0.39, 0.29) is 0 Å². The lowest BCUT2D eigenvalue weighted by Crippen LogP contribution is -2.22. The zero-order valence-electron chi connectivity index (χ0n) is 18.5. The van der Waals surface area contributed by atoms with Crippen LogP contribution in [0.15, 0.2) is 36.4 Å². The van der Waals surface area contributed by atoms with Crippen LogP contribution in [0.5, 0.6) is 0 Å². The lowest BCUT2D eigenvalue weighted by atomic mass is 9.84. The van der Waals surface area contributed by atoms with Crippen molar-refractivity contribution in [3.8, 4) is 0 Å². The Morgan fingerprint density at radius 2 is 1.00 bits per heavy atom. The van der Waals surface area contributed by atoms with Crippen molar-refractivity contribution in [2.75, 3.05) is 36.0 Å². The lowest BCUT2D eigenvalue weighted by Gasteiger charge is -2.26. The summed E-state index contributed by atoms with van der Waals surface area (Å²) < 4.78 is 0. The molecule has 0 aromatic heterocycles. The number of hydrogen-bond acceptors (Lipinski definition) is 2. The van der Waals surface area contributed by atoms with Crippen molar-refractivity contribution in [2.45, 2.75) is 60.8 Å². The Morgan fingerprint density at radius 3 is 1.26 bits per heavy atom. The normalized spacial score (nSPS) is 11.1. The van der Waals surface area contributed by atoms with Gasteiger partial charge in [-0.1, -0.05) is 19.1 Å². The Balaban J connectivity index is 2.39. The number of rotatable bonds is 9. The van der Waals surface area contributed by atoms with E-state index in [4.69, 9.17) is 0 Å². The van der Waals surface area contributed by atoms with E-state index in [2.05, 4.69) is 94.7 Å². The van der Waals surface area contributed by atoms with Gasteiger partial charge in [0.15, 0.2) is 0 Å². The van der Waals surface area contributed by atoms with Crippen molar-refractivity contribution in [1.29, 1.82) is 0 Å². The molecule has 2 rings (SSSR count). The number of nitrogens with zero attached hydrogens (tertiary/aromatic N) is 2. The van der Waals surface area contributed by atoms with E-state index in [9.17, 15) is 0 Å². The summed E-state index contributed by atoms with van der Waals surface area (Å²) in [4.78, 5) is 4.84. The van der Waals surface area contributed by atoms with Gasteiger partial charge < -0.3 is 9.80 Å². The standard InChI is InChI=1S/C25H38N2/c1-8-23(24-15-13-21(17-19(24)6)26(9-2)10-3)25-16-14-22(18-20(25)7)27(11-4)12-5/h13-18,23H,8-12H2,1-7H3. The summed E-state index contributed by atoms with van der Waals surface area (Å²) in [6, 6.07) is 14.0. The van der Waals surface area contributed by atoms with Crippen LogP contribution >= 0.6 is 0 Å². The maximum Gasteiger partial charge on any atom is 0.0368 e. The van der Waals surface area contributed by atoms with Gasteiger partial charge in [0.25, 0.3) is 0 Å². The lowest BCUT2D eigenvalue weighted by molar-refractivity contribution is 0.763. The molecule has 0 radical (unpaired) electrons. The minimum atomic E-state index is 0.460. The number of aryl methyl sites for hydroxylation is 2. The number of hydrogen-bond donors (Lipinski definition) is 0. The number of benzene rings is 2. The molecule has 2 heteroatoms. The first-order valence-corrected chi connectivity index (χ1v) is 10.7. The van der Waals surface area contributed by atoms with Gasteiger partial charge in [0.05, 0.1) is 0 Å². The summed E-state index contributed by atoms with van der Waals surface area (Å²) in [5.41, 5.74) is 8.41. The van der Waals surface area contributed by atoms with Crippen LogP contribution in [0, 0.1) is 13.8 Å². The highest BCUT2D eigenvalue weighted by atomic mass is 15.1. The molecule has 0 saturated heterocycles. The van der Waals surface area contributed by atoms with Gasteiger partial charge in [-0.3, -0.25) is 0 Å². The van der Waals surface area contributed by atoms with Crippen molar-refractivity contribution in [2.24, 2.45) is 0 Å². The molecule has 0 atom stereocenters. The molecule has 0 spiro atoms. The second-order valence-corrected chi connectivity index (χ2v) is 7.39. The van der Waals surface area contributed by atoms with Crippen molar-refractivity contribution in [3.63, 3.8) is 0 Å². The van der Waals surface area contributed by atoms with Crippen molar-refractivity contribution in [3.05, 3.63) is 58.7 Å². The first-order chi connectivity index (χ1) is 13.0. The predicted molar refractivity (Wildman–Crippen MR) is 122 cm³/mol. The van der Waals surface area contributed by atoms with E-state index >= 15 is 0 Å². The first-order valence-electron chi connectivity index (χ1n) is 10.7. The van der Waals surface area contributed by atoms with Gasteiger partial charge in [-0.2, -0.15) is 0 Å². The minimum Gasteiger partial charge on any atom is -0.372 e. The summed E-state index contributed by atoms with van der Waals surface area (Å²) in [5.74, 6) is 0.460. The van der Waals surface area contributed by atoms with Crippen LogP contribution in [-0.2, 0) is 0 Å². The largest absolute Gasteiger partial charge is 0.372 e. The van der Waals surface area contributed by atoms with Crippen LogP contribution in [-0.4, -0.2) is 26.2 Å². The quantitative estimate of drug-likeness (QED) is 0.497. The SMILES string of the molecule is CCC(c1ccc(N(CC)CC)cc1C)c1ccc(N(CC)CC)cc1C. The van der Waals surface area contributed by atoms with E-state index in [0.717, 1.165) is 32.6 Å². The molecule has 2 aromatic rings. The van der Waals surface area contributed by atoms with Gasteiger partial charge in [-0.15, -0.1) is 0 Å². The summed E-state index contributed by atoms with van der Waals surface area (Å²) in [5, 5.41) is 0. The van der Waals surface area contributed by atoms with Crippen LogP contribution in [0.3, 0.4) is 0 Å². The zero-order chi connectivity index (χ0) is 20.0. The fourth-order valence-electron chi connectivity index (χ4n) is 4.28. The Labute approximate surface area is 167 Å². The first kappa shape index (κ1) is 21.3. The Morgan fingerprint density at radius 1 is 0.630 bits per heavy atom. The molecule has 0 N–H and O–H groups in total. The maximum absolute atomic E-state index is 2.42.